The van der Waals surface area contributed by atoms with Gasteiger partial charge in [-0.15, -0.1) is 0 Å². The van der Waals surface area contributed by atoms with E-state index in [1.54, 1.807) is 0 Å². The highest BCUT2D eigenvalue weighted by Gasteiger charge is 2.66. The molecule has 0 saturated heterocycles. The van der Waals surface area contributed by atoms with E-state index < -0.39 is 11.0 Å². The Bertz CT molecular complexity index is 541. The maximum Gasteiger partial charge on any atom is 0.141 e. The second kappa shape index (κ2) is 4.45. The van der Waals surface area contributed by atoms with Crippen LogP contribution in [-0.2, 0) is 4.79 Å². The molecule has 0 unspecified atom stereocenters. The van der Waals surface area contributed by atoms with Crippen LogP contribution in [0, 0.1) is 28.6 Å². The standard InChI is InChI=1S/C19H28O3/c1-17-8-5-13(20)11-12(17)3-4-15-14(17)6-9-18(2)16(21)7-10-19(15,18)22/h5,8,12-15,20,22H,3-4,6-7,9-11H2,1-2H3/t12-,13+,14+,15-,17+,18-,19-/m1/s1. The number of aliphatic hydroxyl groups is 2. The van der Waals surface area contributed by atoms with E-state index in [2.05, 4.69) is 13.0 Å². The van der Waals surface area contributed by atoms with Gasteiger partial charge in [-0.1, -0.05) is 19.1 Å². The minimum Gasteiger partial charge on any atom is -0.389 e. The predicted molar refractivity (Wildman–Crippen MR) is 84.1 cm³/mol. The third kappa shape index (κ3) is 1.62. The minimum absolute atomic E-state index is 0.0743. The summed E-state index contributed by atoms with van der Waals surface area (Å²) in [6, 6.07) is 0. The summed E-state index contributed by atoms with van der Waals surface area (Å²) in [4.78, 5) is 12.4. The first kappa shape index (κ1) is 14.9. The van der Waals surface area contributed by atoms with Gasteiger partial charge in [-0.05, 0) is 68.6 Å². The van der Waals surface area contributed by atoms with Crippen molar-refractivity contribution in [2.24, 2.45) is 28.6 Å². The van der Waals surface area contributed by atoms with Crippen molar-refractivity contribution < 1.29 is 15.0 Å². The van der Waals surface area contributed by atoms with Crippen LogP contribution >= 0.6 is 0 Å². The number of ketones is 1. The molecule has 3 nitrogen and oxygen atoms in total. The van der Waals surface area contributed by atoms with Crippen LogP contribution in [0.3, 0.4) is 0 Å². The molecule has 122 valence electrons. The molecule has 3 heteroatoms. The Balaban J connectivity index is 1.74. The fourth-order valence-corrected chi connectivity index (χ4v) is 6.52. The van der Waals surface area contributed by atoms with E-state index in [0.717, 1.165) is 32.1 Å². The Morgan fingerprint density at radius 3 is 2.68 bits per heavy atom. The lowest BCUT2D eigenvalue weighted by Gasteiger charge is -2.61. The summed E-state index contributed by atoms with van der Waals surface area (Å²) in [5, 5.41) is 21.5. The van der Waals surface area contributed by atoms with Gasteiger partial charge in [-0.25, -0.2) is 0 Å². The van der Waals surface area contributed by atoms with Gasteiger partial charge in [0.05, 0.1) is 17.1 Å². The lowest BCUT2D eigenvalue weighted by Crippen LogP contribution is -2.61. The fourth-order valence-electron chi connectivity index (χ4n) is 6.52. The van der Waals surface area contributed by atoms with Gasteiger partial charge in [-0.2, -0.15) is 0 Å². The van der Waals surface area contributed by atoms with E-state index in [1.165, 1.54) is 0 Å². The quantitative estimate of drug-likeness (QED) is 0.677. The molecule has 4 rings (SSSR count). The summed E-state index contributed by atoms with van der Waals surface area (Å²) in [6.07, 6.45) is 9.84. The van der Waals surface area contributed by atoms with Crippen molar-refractivity contribution in [3.8, 4) is 0 Å². The van der Waals surface area contributed by atoms with Crippen molar-refractivity contribution in [2.45, 2.75) is 70.5 Å². The Morgan fingerprint density at radius 2 is 1.91 bits per heavy atom. The van der Waals surface area contributed by atoms with E-state index in [-0.39, 0.29) is 23.2 Å². The van der Waals surface area contributed by atoms with E-state index in [9.17, 15) is 15.0 Å². The third-order valence-electron chi connectivity index (χ3n) is 8.07. The van der Waals surface area contributed by atoms with Gasteiger partial charge in [0.1, 0.15) is 5.78 Å². The number of allylic oxidation sites excluding steroid dienone is 1. The first-order chi connectivity index (χ1) is 10.3. The van der Waals surface area contributed by atoms with Crippen molar-refractivity contribution in [3.05, 3.63) is 12.2 Å². The second-order valence-corrected chi connectivity index (χ2v) is 8.73. The maximum atomic E-state index is 12.4. The molecule has 22 heavy (non-hydrogen) atoms. The number of hydrogen-bond acceptors (Lipinski definition) is 3. The van der Waals surface area contributed by atoms with E-state index >= 15 is 0 Å². The molecule has 0 aromatic heterocycles. The Kier molecular flexibility index (Phi) is 3.01. The zero-order valence-electron chi connectivity index (χ0n) is 13.7. The summed E-state index contributed by atoms with van der Waals surface area (Å²) >= 11 is 0. The summed E-state index contributed by atoms with van der Waals surface area (Å²) in [7, 11) is 0. The smallest absolute Gasteiger partial charge is 0.141 e. The summed E-state index contributed by atoms with van der Waals surface area (Å²) in [6.45, 7) is 4.33. The molecule has 0 heterocycles. The van der Waals surface area contributed by atoms with Crippen molar-refractivity contribution in [2.75, 3.05) is 0 Å². The van der Waals surface area contributed by atoms with Crippen LogP contribution in [0.5, 0.6) is 0 Å². The van der Waals surface area contributed by atoms with E-state index in [1.807, 2.05) is 13.0 Å². The average molecular weight is 304 g/mol. The van der Waals surface area contributed by atoms with Crippen LogP contribution < -0.4 is 0 Å². The van der Waals surface area contributed by atoms with Gasteiger partial charge < -0.3 is 10.2 Å². The molecule has 4 aliphatic rings. The van der Waals surface area contributed by atoms with Gasteiger partial charge in [0.2, 0.25) is 0 Å². The normalized spacial score (nSPS) is 57.2. The number of Topliss-reactive ketones (excluding diaryl/α,β-unsaturated/α-hetero) is 1. The van der Waals surface area contributed by atoms with E-state index in [0.29, 0.717) is 24.7 Å². The van der Waals surface area contributed by atoms with Crippen LogP contribution in [0.1, 0.15) is 58.8 Å². The van der Waals surface area contributed by atoms with Gasteiger partial charge in [0.15, 0.2) is 0 Å². The number of aliphatic hydroxyl groups excluding tert-OH is 1. The topological polar surface area (TPSA) is 57.5 Å². The lowest BCUT2D eigenvalue weighted by atomic mass is 9.45. The zero-order valence-corrected chi connectivity index (χ0v) is 13.7. The lowest BCUT2D eigenvalue weighted by molar-refractivity contribution is -0.188. The van der Waals surface area contributed by atoms with E-state index in [4.69, 9.17) is 0 Å². The number of carbonyl (C=O) groups is 1. The number of carbonyl (C=O) groups excluding carboxylic acids is 1. The third-order valence-corrected chi connectivity index (χ3v) is 8.07. The van der Waals surface area contributed by atoms with Crippen LogP contribution in [0.15, 0.2) is 12.2 Å². The molecule has 0 aliphatic heterocycles. The second-order valence-electron chi connectivity index (χ2n) is 8.73. The molecule has 0 spiro atoms. The molecule has 0 amide bonds. The van der Waals surface area contributed by atoms with Gasteiger partial charge in [-0.3, -0.25) is 4.79 Å². The SMILES string of the molecule is C[C@]12C=C[C@H](O)C[C@H]1CC[C@@H]1[C@@H]2CC[C@]2(C)C(=O)CC[C@@]12O. The highest BCUT2D eigenvalue weighted by molar-refractivity contribution is 5.88. The maximum absolute atomic E-state index is 12.4. The van der Waals surface area contributed by atoms with Crippen molar-refractivity contribution in [1.29, 1.82) is 0 Å². The van der Waals surface area contributed by atoms with Gasteiger partial charge in [0, 0.05) is 6.42 Å². The molecule has 3 saturated carbocycles. The molecule has 0 aromatic carbocycles. The first-order valence-corrected chi connectivity index (χ1v) is 8.94. The monoisotopic (exact) mass is 304 g/mol. The Labute approximate surface area is 132 Å². The molecular formula is C19H28O3. The molecule has 0 radical (unpaired) electrons. The average Bonchev–Trinajstić information content (AvgIpc) is 2.72. The molecule has 4 aliphatic carbocycles. The van der Waals surface area contributed by atoms with Crippen molar-refractivity contribution in [3.63, 3.8) is 0 Å². The molecule has 3 fully saturated rings. The van der Waals surface area contributed by atoms with Crippen molar-refractivity contribution >= 4 is 5.78 Å². The Morgan fingerprint density at radius 1 is 1.14 bits per heavy atom. The molecule has 7 atom stereocenters. The first-order valence-electron chi connectivity index (χ1n) is 8.94. The molecular weight excluding hydrogens is 276 g/mol. The number of fused-ring (bicyclic) bond motifs is 5. The summed E-state index contributed by atoms with van der Waals surface area (Å²) in [5.74, 6) is 1.46. The largest absolute Gasteiger partial charge is 0.389 e. The van der Waals surface area contributed by atoms with Crippen LogP contribution in [0.2, 0.25) is 0 Å². The highest BCUT2D eigenvalue weighted by atomic mass is 16.3. The van der Waals surface area contributed by atoms with Crippen molar-refractivity contribution in [1.82, 2.24) is 0 Å². The number of hydrogen-bond donors (Lipinski definition) is 2. The van der Waals surface area contributed by atoms with Gasteiger partial charge >= 0.3 is 0 Å². The zero-order chi connectivity index (χ0) is 15.8. The Hall–Kier alpha value is -0.670. The highest BCUT2D eigenvalue weighted by Crippen LogP contribution is 2.65. The van der Waals surface area contributed by atoms with Gasteiger partial charge in [0.25, 0.3) is 0 Å². The van der Waals surface area contributed by atoms with Crippen LogP contribution in [0.4, 0.5) is 0 Å². The summed E-state index contributed by atoms with van der Waals surface area (Å²) in [5.41, 5.74) is -1.25. The summed E-state index contributed by atoms with van der Waals surface area (Å²) < 4.78 is 0. The van der Waals surface area contributed by atoms with Crippen LogP contribution in [0.25, 0.3) is 0 Å². The number of rotatable bonds is 0. The van der Waals surface area contributed by atoms with Crippen LogP contribution in [-0.4, -0.2) is 27.7 Å². The minimum atomic E-state index is -0.801. The predicted octanol–water partition coefficient (Wildman–Crippen LogP) is 2.85. The molecule has 2 N–H and O–H groups in total. The fraction of sp³-hybridized carbons (Fsp3) is 0.842. The molecule has 0 bridgehead atoms. The molecule has 0 aromatic rings.